The van der Waals surface area contributed by atoms with Gasteiger partial charge in [0.25, 0.3) is 0 Å². The van der Waals surface area contributed by atoms with Gasteiger partial charge in [-0.3, -0.25) is 9.35 Å². The second kappa shape index (κ2) is 12.0. The molecule has 156 valence electrons. The van der Waals surface area contributed by atoms with Gasteiger partial charge in [-0.05, 0) is 32.1 Å². The van der Waals surface area contributed by atoms with E-state index in [0.29, 0.717) is 0 Å². The molecule has 0 amide bonds. The summed E-state index contributed by atoms with van der Waals surface area (Å²) in [5.41, 5.74) is -0.0476. The molecule has 1 aromatic rings. The van der Waals surface area contributed by atoms with E-state index in [-0.39, 0.29) is 47.2 Å². The van der Waals surface area contributed by atoms with Gasteiger partial charge >= 0.3 is 22.9 Å². The van der Waals surface area contributed by atoms with Crippen LogP contribution >= 0.6 is 11.3 Å². The highest BCUT2D eigenvalue weighted by atomic mass is 32.3. The van der Waals surface area contributed by atoms with Crippen molar-refractivity contribution >= 4 is 44.6 Å². The van der Waals surface area contributed by atoms with Crippen LogP contribution in [0.3, 0.4) is 0 Å². The Labute approximate surface area is 164 Å². The van der Waals surface area contributed by atoms with Crippen molar-refractivity contribution in [2.45, 2.75) is 27.2 Å². The normalized spacial score (nSPS) is 10.1. The summed E-state index contributed by atoms with van der Waals surface area (Å²) in [7, 11) is -4.92. The van der Waals surface area contributed by atoms with Gasteiger partial charge in [0.15, 0.2) is 10.5 Å². The molecule has 0 aliphatic heterocycles. The molecule has 0 unspecified atom stereocenters. The first-order valence-electron chi connectivity index (χ1n) is 7.68. The van der Waals surface area contributed by atoms with Gasteiger partial charge in [0.05, 0.1) is 26.2 Å². The summed E-state index contributed by atoms with van der Waals surface area (Å²) < 4.78 is 47.5. The van der Waals surface area contributed by atoms with Gasteiger partial charge in [0.2, 0.25) is 15.8 Å². The molecule has 1 aromatic heterocycles. The van der Waals surface area contributed by atoms with E-state index in [1.165, 1.54) is 0 Å². The third-order valence-electron chi connectivity index (χ3n) is 2.65. The predicted octanol–water partition coefficient (Wildman–Crippen LogP) is 1.70. The van der Waals surface area contributed by atoms with E-state index in [2.05, 4.69) is 4.98 Å². The Hall–Kier alpha value is -2.60. The fourth-order valence-electron chi connectivity index (χ4n) is 1.82. The summed E-state index contributed by atoms with van der Waals surface area (Å²) in [5, 5.41) is 8.96. The number of carbonyl (C=O) groups excluding carboxylic acids is 3. The minimum atomic E-state index is -4.92. The highest BCUT2D eigenvalue weighted by molar-refractivity contribution is 7.79. The fraction of sp³-hybridized carbons (Fsp3) is 0.500. The van der Waals surface area contributed by atoms with Crippen molar-refractivity contribution in [1.29, 1.82) is 5.39 Å². The second-order valence-corrected chi connectivity index (χ2v) is 6.39. The Morgan fingerprint density at radius 1 is 1.07 bits per heavy atom. The number of ether oxygens (including phenoxy) is 3. The largest absolute Gasteiger partial charge is 0.726 e. The highest BCUT2D eigenvalue weighted by Gasteiger charge is 2.36. The summed E-state index contributed by atoms with van der Waals surface area (Å²) in [6.07, 6.45) is -0.331. The van der Waals surface area contributed by atoms with E-state index < -0.39 is 28.3 Å². The van der Waals surface area contributed by atoms with Crippen molar-refractivity contribution < 1.29 is 46.1 Å². The van der Waals surface area contributed by atoms with Crippen molar-refractivity contribution in [3.05, 3.63) is 21.0 Å². The molecule has 28 heavy (non-hydrogen) atoms. The molecule has 0 atom stereocenters. The maximum absolute atomic E-state index is 12.1. The number of hydrogen-bond donors (Lipinski definition) is 1. The number of hydrogen-bond acceptors (Lipinski definition) is 11. The molecule has 1 heterocycles. The minimum Gasteiger partial charge on any atom is -0.726 e. The maximum Gasteiger partial charge on any atom is 0.456 e. The third kappa shape index (κ3) is 8.86. The number of diazo groups is 1. The third-order valence-corrected chi connectivity index (χ3v) is 3.74. The second-order valence-electron chi connectivity index (χ2n) is 4.54. The van der Waals surface area contributed by atoms with Crippen LogP contribution in [0.1, 0.15) is 46.4 Å². The number of carbonyl (C=O) groups is 3. The fourth-order valence-corrected chi connectivity index (χ4v) is 2.81. The molecule has 14 heteroatoms. The molecular formula is C14H18N2O10S2. The molecule has 0 aliphatic carbocycles. The van der Waals surface area contributed by atoms with Crippen molar-refractivity contribution in [1.82, 2.24) is 0 Å². The van der Waals surface area contributed by atoms with Crippen LogP contribution < -0.4 is 0 Å². The van der Waals surface area contributed by atoms with Gasteiger partial charge in [-0.15, -0.1) is 0 Å². The topological polar surface area (TPSA) is 184 Å². The van der Waals surface area contributed by atoms with E-state index in [1.807, 2.05) is 0 Å². The average Bonchev–Trinajstić information content (AvgIpc) is 2.92. The van der Waals surface area contributed by atoms with E-state index in [0.717, 1.165) is 11.3 Å². The van der Waals surface area contributed by atoms with Crippen LogP contribution in [-0.4, -0.2) is 55.3 Å². The van der Waals surface area contributed by atoms with Gasteiger partial charge in [-0.25, -0.2) is 18.0 Å². The zero-order valence-electron chi connectivity index (χ0n) is 15.2. The predicted molar refractivity (Wildman–Crippen MR) is 93.6 cm³/mol. The summed E-state index contributed by atoms with van der Waals surface area (Å²) in [5.74, 6) is -2.12. The van der Waals surface area contributed by atoms with E-state index in [4.69, 9.17) is 37.1 Å². The van der Waals surface area contributed by atoms with Crippen LogP contribution in [0.4, 0.5) is 5.00 Å². The lowest BCUT2D eigenvalue weighted by Gasteiger charge is -2.06. The molecule has 0 fully saturated rings. The number of esters is 3. The van der Waals surface area contributed by atoms with Crippen molar-refractivity contribution in [2.24, 2.45) is 0 Å². The van der Waals surface area contributed by atoms with Crippen LogP contribution in [0.5, 0.6) is 0 Å². The first-order chi connectivity index (χ1) is 13.0. The van der Waals surface area contributed by atoms with E-state index in [9.17, 15) is 14.4 Å². The Balaban J connectivity index is 0.00000129. The lowest BCUT2D eigenvalue weighted by Crippen LogP contribution is -2.15. The zero-order chi connectivity index (χ0) is 21.9. The lowest BCUT2D eigenvalue weighted by molar-refractivity contribution is -0.142. The SMILES string of the molecule is CCOC(=O)Cc1c(C(=O)OCC)sc([N+]#N)c1C(=O)OCC.O=S(=O)([O-])O. The van der Waals surface area contributed by atoms with Gasteiger partial charge in [0, 0.05) is 5.56 Å². The van der Waals surface area contributed by atoms with Crippen LogP contribution in [0.2, 0.25) is 0 Å². The Morgan fingerprint density at radius 3 is 1.96 bits per heavy atom. The van der Waals surface area contributed by atoms with Gasteiger partial charge in [-0.2, -0.15) is 0 Å². The summed E-state index contributed by atoms with van der Waals surface area (Å²) in [6.45, 7) is 5.24. The quantitative estimate of drug-likeness (QED) is 0.215. The van der Waals surface area contributed by atoms with Crippen LogP contribution in [0.15, 0.2) is 0 Å². The van der Waals surface area contributed by atoms with Crippen molar-refractivity contribution in [2.75, 3.05) is 19.8 Å². The first kappa shape index (κ1) is 25.4. The average molecular weight is 438 g/mol. The molecule has 0 aromatic carbocycles. The Bertz CT molecular complexity index is 846. The first-order valence-corrected chi connectivity index (χ1v) is 9.87. The molecule has 0 bridgehead atoms. The molecule has 1 N–H and O–H groups in total. The molecule has 0 saturated heterocycles. The lowest BCUT2D eigenvalue weighted by atomic mass is 10.1. The van der Waals surface area contributed by atoms with E-state index >= 15 is 0 Å². The standard InChI is InChI=1S/C14H17N2O6S.H2O4S/c1-4-20-9(17)7-8-10(13(18)21-5-2)12(16-15)23-11(8)14(19)22-6-3;1-5(2,3)4/h4-7H2,1-3H3;(H2,1,2,3,4)/q+1;/p-1. The van der Waals surface area contributed by atoms with Gasteiger partial charge in [-0.1, -0.05) is 0 Å². The summed E-state index contributed by atoms with van der Waals surface area (Å²) in [4.78, 5) is 38.9. The summed E-state index contributed by atoms with van der Waals surface area (Å²) >= 11 is 0.749. The zero-order valence-corrected chi connectivity index (χ0v) is 16.8. The molecular weight excluding hydrogens is 420 g/mol. The smallest absolute Gasteiger partial charge is 0.456 e. The van der Waals surface area contributed by atoms with Gasteiger partial charge < -0.3 is 18.8 Å². The molecule has 0 aliphatic rings. The molecule has 12 nitrogen and oxygen atoms in total. The number of thiophene rings is 1. The van der Waals surface area contributed by atoms with Crippen molar-refractivity contribution in [3.63, 3.8) is 0 Å². The van der Waals surface area contributed by atoms with Gasteiger partial charge in [0.1, 0.15) is 4.88 Å². The van der Waals surface area contributed by atoms with Crippen LogP contribution in [-0.2, 0) is 35.8 Å². The summed E-state index contributed by atoms with van der Waals surface area (Å²) in [6, 6.07) is 0. The Morgan fingerprint density at radius 2 is 1.54 bits per heavy atom. The number of rotatable bonds is 7. The molecule has 0 radical (unpaired) electrons. The number of nitrogens with zero attached hydrogens (tertiary/aromatic N) is 2. The minimum absolute atomic E-state index is 0.00996. The monoisotopic (exact) mass is 438 g/mol. The maximum atomic E-state index is 12.1. The molecule has 0 spiro atoms. The van der Waals surface area contributed by atoms with E-state index in [1.54, 1.807) is 20.8 Å². The van der Waals surface area contributed by atoms with Crippen molar-refractivity contribution in [3.8, 4) is 0 Å². The highest BCUT2D eigenvalue weighted by Crippen LogP contribution is 2.37. The van der Waals surface area contributed by atoms with Crippen LogP contribution in [0.25, 0.3) is 4.98 Å². The van der Waals surface area contributed by atoms with Crippen LogP contribution in [0, 0.1) is 5.39 Å². The molecule has 1 rings (SSSR count). The molecule has 0 saturated carbocycles. The Kier molecular flexibility index (Phi) is 10.9.